The van der Waals surface area contributed by atoms with Gasteiger partial charge in [0, 0.05) is 25.7 Å². The Balaban J connectivity index is 5.24. The average Bonchev–Trinajstić information content (AvgIpc) is 3.06. The first-order valence-electron chi connectivity index (χ1n) is 37.5. The Morgan fingerprint density at radius 1 is 0.319 bits per heavy atom. The van der Waals surface area contributed by atoms with Crippen molar-refractivity contribution in [2.24, 2.45) is 11.8 Å². The van der Waals surface area contributed by atoms with E-state index in [0.29, 0.717) is 31.6 Å². The molecule has 0 aliphatic heterocycles. The van der Waals surface area contributed by atoms with Crippen LogP contribution < -0.4 is 0 Å². The zero-order valence-electron chi connectivity index (χ0n) is 59.1. The number of unbranched alkanes of at least 4 members (excludes halogenated alkanes) is 40. The minimum Gasteiger partial charge on any atom is -0.462 e. The number of aliphatic hydroxyl groups is 1. The molecule has 0 saturated heterocycles. The van der Waals surface area contributed by atoms with E-state index in [1.165, 1.54) is 180 Å². The molecule has 91 heavy (non-hydrogen) atoms. The predicted octanol–water partition coefficient (Wildman–Crippen LogP) is 20.8. The summed E-state index contributed by atoms with van der Waals surface area (Å²) in [4.78, 5) is 72.6. The van der Waals surface area contributed by atoms with Crippen molar-refractivity contribution in [2.75, 3.05) is 39.6 Å². The Morgan fingerprint density at radius 2 is 0.560 bits per heavy atom. The van der Waals surface area contributed by atoms with E-state index >= 15 is 0 Å². The Labute approximate surface area is 556 Å². The lowest BCUT2D eigenvalue weighted by Gasteiger charge is -2.21. The van der Waals surface area contributed by atoms with Crippen molar-refractivity contribution in [2.45, 2.75) is 387 Å². The first kappa shape index (κ1) is 89.1. The van der Waals surface area contributed by atoms with Crippen LogP contribution in [0.1, 0.15) is 369 Å². The van der Waals surface area contributed by atoms with Gasteiger partial charge in [0.25, 0.3) is 0 Å². The Kier molecular flexibility index (Phi) is 62.7. The van der Waals surface area contributed by atoms with Crippen LogP contribution in [0, 0.1) is 11.8 Å². The lowest BCUT2D eigenvalue weighted by molar-refractivity contribution is -0.161. The largest absolute Gasteiger partial charge is 0.472 e. The molecule has 19 heteroatoms. The summed E-state index contributed by atoms with van der Waals surface area (Å²) in [5.74, 6) is -0.674. The van der Waals surface area contributed by atoms with Crippen molar-refractivity contribution in [3.8, 4) is 0 Å². The maximum atomic E-state index is 13.0. The number of aliphatic hydroxyl groups excluding tert-OH is 1. The highest BCUT2D eigenvalue weighted by atomic mass is 31.2. The Hall–Kier alpha value is -1.94. The van der Waals surface area contributed by atoms with Crippen LogP contribution in [0.15, 0.2) is 0 Å². The molecule has 0 aliphatic carbocycles. The maximum absolute atomic E-state index is 13.0. The number of ether oxygens (including phenoxy) is 4. The molecule has 0 amide bonds. The number of hydrogen-bond acceptors (Lipinski definition) is 15. The molecule has 0 aromatic carbocycles. The molecule has 6 atom stereocenters. The number of phosphoric ester groups is 2. The summed E-state index contributed by atoms with van der Waals surface area (Å²) in [6.45, 7) is 9.48. The maximum Gasteiger partial charge on any atom is 0.472 e. The van der Waals surface area contributed by atoms with Gasteiger partial charge < -0.3 is 33.8 Å². The fourth-order valence-corrected chi connectivity index (χ4v) is 12.5. The standard InChI is InChI=1S/C72H140O17P2/c1-7-10-12-14-16-18-20-22-24-26-28-30-35-42-48-54-69(74)82-60-67(88-71(76)56-50-44-36-31-29-27-25-23-21-19-17-15-13-11-8-2)62-86-90(78,79)84-58-66(73)59-85-91(80,81)87-63-68(61-83-70(75)55-49-43-39-38-40-46-52-64(4)5)89-72(77)57-51-45-37-33-32-34-41-47-53-65(6)9-3/h64-68,73H,7-63H2,1-6H3,(H,78,79)(H,80,81)/t65?,66-,67-,68-/m1/s1. The fraction of sp³-hybridized carbons (Fsp3) is 0.944. The number of rotatable bonds is 71. The van der Waals surface area contributed by atoms with Gasteiger partial charge in [-0.15, -0.1) is 0 Å². The summed E-state index contributed by atoms with van der Waals surface area (Å²) >= 11 is 0. The van der Waals surface area contributed by atoms with Crippen molar-refractivity contribution >= 4 is 39.5 Å². The summed E-state index contributed by atoms with van der Waals surface area (Å²) in [6.07, 6.45) is 50.0. The van der Waals surface area contributed by atoms with E-state index in [9.17, 15) is 43.2 Å². The molecule has 0 aliphatic rings. The highest BCUT2D eigenvalue weighted by molar-refractivity contribution is 7.47. The molecule has 0 radical (unpaired) electrons. The van der Waals surface area contributed by atoms with Crippen molar-refractivity contribution in [3.05, 3.63) is 0 Å². The van der Waals surface area contributed by atoms with Gasteiger partial charge in [0.15, 0.2) is 12.2 Å². The summed E-state index contributed by atoms with van der Waals surface area (Å²) in [6, 6.07) is 0. The van der Waals surface area contributed by atoms with Crippen LogP contribution in [0.2, 0.25) is 0 Å². The van der Waals surface area contributed by atoms with Gasteiger partial charge in [-0.2, -0.15) is 0 Å². The van der Waals surface area contributed by atoms with Gasteiger partial charge in [-0.1, -0.05) is 318 Å². The van der Waals surface area contributed by atoms with E-state index < -0.39 is 97.5 Å². The minimum absolute atomic E-state index is 0.104. The highest BCUT2D eigenvalue weighted by Gasteiger charge is 2.30. The van der Waals surface area contributed by atoms with Crippen molar-refractivity contribution < 1.29 is 80.2 Å². The summed E-state index contributed by atoms with van der Waals surface area (Å²) in [7, 11) is -9.90. The number of hydrogen-bond donors (Lipinski definition) is 3. The second-order valence-corrected chi connectivity index (χ2v) is 29.6. The van der Waals surface area contributed by atoms with Crippen LogP contribution in [0.4, 0.5) is 0 Å². The molecule has 0 saturated carbocycles. The number of phosphoric acid groups is 2. The van der Waals surface area contributed by atoms with Gasteiger partial charge in [0.05, 0.1) is 26.4 Å². The second kappa shape index (κ2) is 64.1. The van der Waals surface area contributed by atoms with Gasteiger partial charge in [-0.25, -0.2) is 9.13 Å². The average molecular weight is 1340 g/mol. The topological polar surface area (TPSA) is 237 Å². The van der Waals surface area contributed by atoms with Crippen LogP contribution in [-0.2, 0) is 65.4 Å². The molecule has 0 bridgehead atoms. The lowest BCUT2D eigenvalue weighted by atomic mass is 9.99. The van der Waals surface area contributed by atoms with Crippen LogP contribution in [-0.4, -0.2) is 96.7 Å². The van der Waals surface area contributed by atoms with E-state index in [2.05, 4.69) is 41.5 Å². The summed E-state index contributed by atoms with van der Waals surface area (Å²) in [5.41, 5.74) is 0. The van der Waals surface area contributed by atoms with Crippen molar-refractivity contribution in [3.63, 3.8) is 0 Å². The summed E-state index contributed by atoms with van der Waals surface area (Å²) in [5, 5.41) is 10.6. The molecule has 3 unspecified atom stereocenters. The van der Waals surface area contributed by atoms with Crippen LogP contribution in [0.5, 0.6) is 0 Å². The van der Waals surface area contributed by atoms with E-state index in [-0.39, 0.29) is 25.7 Å². The Bertz CT molecular complexity index is 1770. The van der Waals surface area contributed by atoms with Gasteiger partial charge in [-0.05, 0) is 37.5 Å². The third kappa shape index (κ3) is 65.1. The molecule has 0 heterocycles. The molecule has 3 N–H and O–H groups in total. The van der Waals surface area contributed by atoms with Gasteiger partial charge in [0.1, 0.15) is 19.3 Å². The molecule has 540 valence electrons. The van der Waals surface area contributed by atoms with E-state index in [1.807, 2.05) is 0 Å². The first-order chi connectivity index (χ1) is 43.9. The smallest absolute Gasteiger partial charge is 0.462 e. The Morgan fingerprint density at radius 3 is 0.835 bits per heavy atom. The van der Waals surface area contributed by atoms with Gasteiger partial charge in [0.2, 0.25) is 0 Å². The molecule has 0 aromatic rings. The molecule has 0 spiro atoms. The van der Waals surface area contributed by atoms with Crippen LogP contribution in [0.3, 0.4) is 0 Å². The molecular weight excluding hydrogens is 1200 g/mol. The van der Waals surface area contributed by atoms with E-state index in [4.69, 9.17) is 37.0 Å². The third-order valence-corrected chi connectivity index (χ3v) is 19.0. The lowest BCUT2D eigenvalue weighted by Crippen LogP contribution is -2.30. The quantitative estimate of drug-likeness (QED) is 0.0222. The van der Waals surface area contributed by atoms with Crippen LogP contribution >= 0.6 is 15.6 Å². The molecule has 0 fully saturated rings. The van der Waals surface area contributed by atoms with E-state index in [1.54, 1.807) is 0 Å². The molecule has 0 aromatic heterocycles. The normalized spacial score (nSPS) is 14.4. The number of carbonyl (C=O) groups is 4. The van der Waals surface area contributed by atoms with Gasteiger partial charge >= 0.3 is 39.5 Å². The summed E-state index contributed by atoms with van der Waals surface area (Å²) < 4.78 is 68.3. The predicted molar refractivity (Wildman–Crippen MR) is 368 cm³/mol. The fourth-order valence-electron chi connectivity index (χ4n) is 10.9. The second-order valence-electron chi connectivity index (χ2n) is 26.7. The highest BCUT2D eigenvalue weighted by Crippen LogP contribution is 2.45. The molecule has 17 nitrogen and oxygen atoms in total. The first-order valence-corrected chi connectivity index (χ1v) is 40.5. The van der Waals surface area contributed by atoms with Crippen molar-refractivity contribution in [1.29, 1.82) is 0 Å². The monoisotopic (exact) mass is 1340 g/mol. The molecular formula is C72H140O17P2. The zero-order chi connectivity index (χ0) is 67.2. The van der Waals surface area contributed by atoms with Crippen LogP contribution in [0.25, 0.3) is 0 Å². The zero-order valence-corrected chi connectivity index (χ0v) is 60.9. The van der Waals surface area contributed by atoms with E-state index in [0.717, 1.165) is 102 Å². The van der Waals surface area contributed by atoms with Gasteiger partial charge in [-0.3, -0.25) is 37.3 Å². The number of carbonyl (C=O) groups excluding carboxylic acids is 4. The minimum atomic E-state index is -4.95. The SMILES string of the molecule is CCCCCCCCCCCCCCCCCC(=O)OC[C@H](COP(=O)(O)OC[C@@H](O)COP(=O)(O)OC[C@@H](COC(=O)CCCCCCCCC(C)C)OC(=O)CCCCCCCCCCC(C)CC)OC(=O)CCCCCCCCCCCCCCCCC. The number of esters is 4. The third-order valence-electron chi connectivity index (χ3n) is 17.1. The van der Waals surface area contributed by atoms with Crippen molar-refractivity contribution in [1.82, 2.24) is 0 Å². The molecule has 0 rings (SSSR count).